The van der Waals surface area contributed by atoms with Crippen molar-refractivity contribution in [1.82, 2.24) is 4.90 Å². The Kier molecular flexibility index (Phi) is 3.78. The van der Waals surface area contributed by atoms with Gasteiger partial charge in [-0.25, -0.2) is 8.78 Å². The highest BCUT2D eigenvalue weighted by Crippen LogP contribution is 2.41. The van der Waals surface area contributed by atoms with Crippen molar-refractivity contribution in [1.29, 1.82) is 0 Å². The summed E-state index contributed by atoms with van der Waals surface area (Å²) in [6.45, 7) is 1.45. The summed E-state index contributed by atoms with van der Waals surface area (Å²) in [7, 11) is 1.15. The molecule has 2 heterocycles. The number of nitrogens with zero attached hydrogens (tertiary/aromatic N) is 1. The standard InChI is InChI=1S/C15H17F2NO4/c1-21-13-11(16)3-2-10(12(13)17)14(20)18-4-9-5-22-8-15(9,6-18)7-19/h2-3,9,19H,4-8H2,1H3/t9-,15-/m0/s1. The van der Waals surface area contributed by atoms with E-state index in [4.69, 9.17) is 4.74 Å². The average Bonchev–Trinajstić information content (AvgIpc) is 3.04. The molecular weight excluding hydrogens is 296 g/mol. The van der Waals surface area contributed by atoms with Gasteiger partial charge in [-0.1, -0.05) is 0 Å². The third kappa shape index (κ3) is 2.16. The molecule has 0 radical (unpaired) electrons. The number of amides is 1. The van der Waals surface area contributed by atoms with Crippen molar-refractivity contribution in [2.45, 2.75) is 0 Å². The van der Waals surface area contributed by atoms with E-state index in [-0.39, 0.29) is 18.1 Å². The first-order chi connectivity index (χ1) is 10.5. The van der Waals surface area contributed by atoms with Crippen molar-refractivity contribution in [3.05, 3.63) is 29.3 Å². The zero-order valence-electron chi connectivity index (χ0n) is 12.1. The number of methoxy groups -OCH3 is 1. The van der Waals surface area contributed by atoms with Crippen LogP contribution in [0.5, 0.6) is 5.75 Å². The number of likely N-dealkylation sites (tertiary alicyclic amines) is 1. The molecule has 7 heteroatoms. The Bertz CT molecular complexity index is 609. The van der Waals surface area contributed by atoms with Crippen LogP contribution in [0, 0.1) is 23.0 Å². The van der Waals surface area contributed by atoms with Gasteiger partial charge < -0.3 is 19.5 Å². The van der Waals surface area contributed by atoms with Gasteiger partial charge >= 0.3 is 0 Å². The molecule has 5 nitrogen and oxygen atoms in total. The zero-order valence-corrected chi connectivity index (χ0v) is 12.1. The molecule has 0 unspecified atom stereocenters. The molecule has 2 atom stereocenters. The molecule has 0 spiro atoms. The summed E-state index contributed by atoms with van der Waals surface area (Å²) in [5, 5.41) is 9.61. The van der Waals surface area contributed by atoms with Gasteiger partial charge in [0.05, 0.1) is 32.5 Å². The quantitative estimate of drug-likeness (QED) is 0.906. The predicted octanol–water partition coefficient (Wildman–Crippen LogP) is 1.05. The predicted molar refractivity (Wildman–Crippen MR) is 72.6 cm³/mol. The number of halogens is 2. The molecule has 0 saturated carbocycles. The molecule has 2 aliphatic heterocycles. The van der Waals surface area contributed by atoms with E-state index in [1.54, 1.807) is 0 Å². The minimum atomic E-state index is -1.00. The molecule has 3 rings (SSSR count). The van der Waals surface area contributed by atoms with Crippen molar-refractivity contribution in [2.75, 3.05) is 40.0 Å². The number of hydrogen-bond acceptors (Lipinski definition) is 4. The largest absolute Gasteiger partial charge is 0.491 e. The Hall–Kier alpha value is -1.73. The number of carbonyl (C=O) groups excluding carboxylic acids is 1. The third-order valence-corrected chi connectivity index (χ3v) is 4.61. The van der Waals surface area contributed by atoms with Gasteiger partial charge in [0.2, 0.25) is 0 Å². The van der Waals surface area contributed by atoms with Gasteiger partial charge in [-0.15, -0.1) is 0 Å². The zero-order chi connectivity index (χ0) is 15.9. The van der Waals surface area contributed by atoms with Crippen LogP contribution < -0.4 is 4.74 Å². The summed E-state index contributed by atoms with van der Waals surface area (Å²) in [5.74, 6) is -2.91. The maximum Gasteiger partial charge on any atom is 0.257 e. The molecule has 0 aliphatic carbocycles. The smallest absolute Gasteiger partial charge is 0.257 e. The second-order valence-corrected chi connectivity index (χ2v) is 5.86. The normalized spacial score (nSPS) is 27.1. The fraction of sp³-hybridized carbons (Fsp3) is 0.533. The number of fused-ring (bicyclic) bond motifs is 1. The van der Waals surface area contributed by atoms with Crippen molar-refractivity contribution in [3.63, 3.8) is 0 Å². The molecule has 2 saturated heterocycles. The van der Waals surface area contributed by atoms with E-state index >= 15 is 0 Å². The highest BCUT2D eigenvalue weighted by atomic mass is 19.1. The average molecular weight is 313 g/mol. The lowest BCUT2D eigenvalue weighted by atomic mass is 9.82. The summed E-state index contributed by atoms with van der Waals surface area (Å²) in [4.78, 5) is 14.0. The van der Waals surface area contributed by atoms with E-state index in [9.17, 15) is 18.7 Å². The second kappa shape index (κ2) is 5.48. The van der Waals surface area contributed by atoms with Crippen molar-refractivity contribution < 1.29 is 28.2 Å². The topological polar surface area (TPSA) is 59.0 Å². The Labute approximate surface area is 126 Å². The molecule has 1 N–H and O–H groups in total. The molecule has 1 aromatic carbocycles. The summed E-state index contributed by atoms with van der Waals surface area (Å²) < 4.78 is 37.7. The highest BCUT2D eigenvalue weighted by molar-refractivity contribution is 5.95. The monoisotopic (exact) mass is 313 g/mol. The van der Waals surface area contributed by atoms with Crippen LogP contribution in [0.15, 0.2) is 12.1 Å². The van der Waals surface area contributed by atoms with E-state index in [1.165, 1.54) is 4.90 Å². The van der Waals surface area contributed by atoms with Crippen LogP contribution in [0.4, 0.5) is 8.78 Å². The van der Waals surface area contributed by atoms with Crippen LogP contribution in [0.1, 0.15) is 10.4 Å². The maximum absolute atomic E-state index is 14.2. The summed E-state index contributed by atoms with van der Waals surface area (Å²) >= 11 is 0. The number of ether oxygens (including phenoxy) is 2. The molecule has 22 heavy (non-hydrogen) atoms. The molecule has 1 aromatic rings. The number of aliphatic hydroxyl groups excluding tert-OH is 1. The lowest BCUT2D eigenvalue weighted by molar-refractivity contribution is 0.0627. The highest BCUT2D eigenvalue weighted by Gasteiger charge is 2.51. The lowest BCUT2D eigenvalue weighted by Crippen LogP contribution is -2.36. The van der Waals surface area contributed by atoms with E-state index in [0.717, 1.165) is 19.2 Å². The summed E-state index contributed by atoms with van der Waals surface area (Å²) in [6, 6.07) is 2.13. The number of rotatable bonds is 3. The second-order valence-electron chi connectivity index (χ2n) is 5.86. The van der Waals surface area contributed by atoms with E-state index < -0.39 is 28.7 Å². The van der Waals surface area contributed by atoms with E-state index in [2.05, 4.69) is 4.74 Å². The van der Waals surface area contributed by atoms with Crippen LogP contribution in [0.25, 0.3) is 0 Å². The molecule has 1 amide bonds. The first-order valence-corrected chi connectivity index (χ1v) is 7.02. The van der Waals surface area contributed by atoms with Gasteiger partial charge in [-0.3, -0.25) is 4.79 Å². The summed E-state index contributed by atoms with van der Waals surface area (Å²) in [6.07, 6.45) is 0. The van der Waals surface area contributed by atoms with Crippen LogP contribution in [0.3, 0.4) is 0 Å². The first-order valence-electron chi connectivity index (χ1n) is 7.02. The summed E-state index contributed by atoms with van der Waals surface area (Å²) in [5.41, 5.74) is -0.705. The molecular formula is C15H17F2NO4. The van der Waals surface area contributed by atoms with Crippen LogP contribution in [-0.4, -0.2) is 55.9 Å². The van der Waals surface area contributed by atoms with Gasteiger partial charge in [0, 0.05) is 24.4 Å². The molecule has 120 valence electrons. The van der Waals surface area contributed by atoms with Crippen LogP contribution in [0.2, 0.25) is 0 Å². The first kappa shape index (κ1) is 15.2. The van der Waals surface area contributed by atoms with Crippen molar-refractivity contribution in [3.8, 4) is 5.75 Å². The SMILES string of the molecule is COc1c(F)ccc(C(=O)N2C[C@H]3COC[C@@]3(CO)C2)c1F. The Balaban J connectivity index is 1.87. The molecule has 0 bridgehead atoms. The lowest BCUT2D eigenvalue weighted by Gasteiger charge is -2.24. The molecule has 0 aromatic heterocycles. The third-order valence-electron chi connectivity index (χ3n) is 4.61. The number of aliphatic hydroxyl groups is 1. The number of hydrogen-bond donors (Lipinski definition) is 1. The van der Waals surface area contributed by atoms with E-state index in [1.807, 2.05) is 0 Å². The Morgan fingerprint density at radius 2 is 2.32 bits per heavy atom. The van der Waals surface area contributed by atoms with Crippen LogP contribution >= 0.6 is 0 Å². The molecule has 2 aliphatic rings. The minimum Gasteiger partial charge on any atom is -0.491 e. The van der Waals surface area contributed by atoms with Gasteiger partial charge in [0.25, 0.3) is 5.91 Å². The Morgan fingerprint density at radius 3 is 2.95 bits per heavy atom. The maximum atomic E-state index is 14.2. The van der Waals surface area contributed by atoms with E-state index in [0.29, 0.717) is 26.3 Å². The van der Waals surface area contributed by atoms with Crippen molar-refractivity contribution >= 4 is 5.91 Å². The Morgan fingerprint density at radius 1 is 1.55 bits per heavy atom. The van der Waals surface area contributed by atoms with Crippen LogP contribution in [-0.2, 0) is 4.74 Å². The number of benzene rings is 1. The number of carbonyl (C=O) groups is 1. The van der Waals surface area contributed by atoms with Gasteiger partial charge in [-0.2, -0.15) is 0 Å². The van der Waals surface area contributed by atoms with Gasteiger partial charge in [0.1, 0.15) is 0 Å². The fourth-order valence-electron chi connectivity index (χ4n) is 3.27. The van der Waals surface area contributed by atoms with Crippen molar-refractivity contribution in [2.24, 2.45) is 11.3 Å². The minimum absolute atomic E-state index is 0.0341. The van der Waals surface area contributed by atoms with Gasteiger partial charge in [0.15, 0.2) is 17.4 Å². The van der Waals surface area contributed by atoms with Gasteiger partial charge in [-0.05, 0) is 12.1 Å². The fourth-order valence-corrected chi connectivity index (χ4v) is 3.27. The molecule has 2 fully saturated rings.